The summed E-state index contributed by atoms with van der Waals surface area (Å²) in [5.74, 6) is 1.54. The van der Waals surface area contributed by atoms with Crippen molar-refractivity contribution in [2.75, 3.05) is 20.2 Å². The maximum atomic E-state index is 5.26. The quantitative estimate of drug-likeness (QED) is 0.800. The van der Waals surface area contributed by atoms with E-state index in [0.717, 1.165) is 18.8 Å². The second-order valence-corrected chi connectivity index (χ2v) is 4.95. The summed E-state index contributed by atoms with van der Waals surface area (Å²) in [6.07, 6.45) is 0. The van der Waals surface area contributed by atoms with Gasteiger partial charge < -0.3 is 10.1 Å². The number of hydrogen-bond acceptors (Lipinski definition) is 2. The zero-order valence-electron chi connectivity index (χ0n) is 9.71. The molecular formula is C13H19NO. The molecule has 2 nitrogen and oxygen atoms in total. The molecule has 1 aromatic rings. The van der Waals surface area contributed by atoms with E-state index in [-0.39, 0.29) is 0 Å². The van der Waals surface area contributed by atoms with Gasteiger partial charge in [0.1, 0.15) is 5.75 Å². The van der Waals surface area contributed by atoms with Crippen LogP contribution < -0.4 is 10.1 Å². The Morgan fingerprint density at radius 2 is 2.20 bits per heavy atom. The van der Waals surface area contributed by atoms with Crippen LogP contribution in [-0.4, -0.2) is 20.2 Å². The van der Waals surface area contributed by atoms with Gasteiger partial charge in [-0.25, -0.2) is 0 Å². The molecule has 1 N–H and O–H groups in total. The van der Waals surface area contributed by atoms with Gasteiger partial charge in [0.2, 0.25) is 0 Å². The Bertz CT molecular complexity index is 346. The maximum absolute atomic E-state index is 5.26. The molecule has 0 bridgehead atoms. The van der Waals surface area contributed by atoms with Gasteiger partial charge in [0, 0.05) is 19.0 Å². The first-order valence-corrected chi connectivity index (χ1v) is 5.48. The summed E-state index contributed by atoms with van der Waals surface area (Å²) in [5, 5.41) is 3.46. The van der Waals surface area contributed by atoms with Crippen LogP contribution in [0.25, 0.3) is 0 Å². The van der Waals surface area contributed by atoms with Gasteiger partial charge in [0.15, 0.2) is 0 Å². The lowest BCUT2D eigenvalue weighted by Gasteiger charge is -2.26. The summed E-state index contributed by atoms with van der Waals surface area (Å²) in [5.41, 5.74) is 1.72. The first kappa shape index (κ1) is 10.5. The van der Waals surface area contributed by atoms with Crippen molar-refractivity contribution in [3.63, 3.8) is 0 Å². The van der Waals surface area contributed by atoms with Gasteiger partial charge in [-0.2, -0.15) is 0 Å². The predicted octanol–water partition coefficient (Wildman–Crippen LogP) is 2.41. The van der Waals surface area contributed by atoms with Crippen molar-refractivity contribution in [3.8, 4) is 5.75 Å². The number of methoxy groups -OCH3 is 1. The van der Waals surface area contributed by atoms with E-state index < -0.39 is 0 Å². The number of hydrogen-bond donors (Lipinski definition) is 1. The molecule has 0 spiro atoms. The molecule has 0 radical (unpaired) electrons. The molecule has 0 saturated carbocycles. The highest BCUT2D eigenvalue weighted by atomic mass is 16.5. The molecule has 1 fully saturated rings. The Kier molecular flexibility index (Phi) is 2.70. The van der Waals surface area contributed by atoms with E-state index in [4.69, 9.17) is 4.74 Å². The normalized spacial score (nSPS) is 24.1. The van der Waals surface area contributed by atoms with Gasteiger partial charge in [-0.3, -0.25) is 0 Å². The van der Waals surface area contributed by atoms with E-state index >= 15 is 0 Å². The lowest BCUT2D eigenvalue weighted by molar-refractivity contribution is 0.361. The monoisotopic (exact) mass is 205 g/mol. The van der Waals surface area contributed by atoms with E-state index in [1.807, 2.05) is 6.07 Å². The Balaban J connectivity index is 2.29. The highest BCUT2D eigenvalue weighted by Gasteiger charge is 2.35. The fourth-order valence-electron chi connectivity index (χ4n) is 2.37. The molecule has 82 valence electrons. The van der Waals surface area contributed by atoms with Crippen molar-refractivity contribution >= 4 is 0 Å². The Morgan fingerprint density at radius 1 is 1.40 bits per heavy atom. The zero-order valence-corrected chi connectivity index (χ0v) is 9.71. The molecule has 1 aliphatic heterocycles. The molecule has 1 saturated heterocycles. The maximum Gasteiger partial charge on any atom is 0.119 e. The Morgan fingerprint density at radius 3 is 2.80 bits per heavy atom. The van der Waals surface area contributed by atoms with Crippen LogP contribution in [0.4, 0.5) is 0 Å². The molecule has 2 rings (SSSR count). The van der Waals surface area contributed by atoms with E-state index in [1.54, 1.807) is 7.11 Å². The standard InChI is InChI=1S/C13H19NO/c1-13(2)9-14-8-12(13)10-5-4-6-11(7-10)15-3/h4-7,12,14H,8-9H2,1-3H3/t12-/m1/s1. The van der Waals surface area contributed by atoms with E-state index in [9.17, 15) is 0 Å². The third-order valence-electron chi connectivity index (χ3n) is 3.37. The summed E-state index contributed by atoms with van der Waals surface area (Å²) in [4.78, 5) is 0. The van der Waals surface area contributed by atoms with Gasteiger partial charge in [0.05, 0.1) is 7.11 Å². The molecule has 1 aliphatic rings. The average molecular weight is 205 g/mol. The minimum absolute atomic E-state index is 0.340. The van der Waals surface area contributed by atoms with Crippen molar-refractivity contribution in [3.05, 3.63) is 29.8 Å². The molecule has 1 atom stereocenters. The number of benzene rings is 1. The minimum Gasteiger partial charge on any atom is -0.497 e. The zero-order chi connectivity index (χ0) is 10.9. The molecule has 0 amide bonds. The second-order valence-electron chi connectivity index (χ2n) is 4.95. The smallest absolute Gasteiger partial charge is 0.119 e. The highest BCUT2D eigenvalue weighted by molar-refractivity contribution is 5.32. The van der Waals surface area contributed by atoms with Gasteiger partial charge in [-0.1, -0.05) is 26.0 Å². The highest BCUT2D eigenvalue weighted by Crippen LogP contribution is 2.39. The van der Waals surface area contributed by atoms with E-state index in [0.29, 0.717) is 11.3 Å². The van der Waals surface area contributed by atoms with Gasteiger partial charge >= 0.3 is 0 Å². The van der Waals surface area contributed by atoms with E-state index in [1.165, 1.54) is 5.56 Å². The molecule has 0 aromatic heterocycles. The van der Waals surface area contributed by atoms with Crippen molar-refractivity contribution in [1.29, 1.82) is 0 Å². The summed E-state index contributed by atoms with van der Waals surface area (Å²) < 4.78 is 5.26. The SMILES string of the molecule is COc1cccc([C@H]2CNCC2(C)C)c1. The lowest BCUT2D eigenvalue weighted by Crippen LogP contribution is -2.20. The minimum atomic E-state index is 0.340. The van der Waals surface area contributed by atoms with Crippen LogP contribution in [0.5, 0.6) is 5.75 Å². The summed E-state index contributed by atoms with van der Waals surface area (Å²) in [6.45, 7) is 6.79. The average Bonchev–Trinajstić information content (AvgIpc) is 2.58. The van der Waals surface area contributed by atoms with Crippen molar-refractivity contribution in [2.24, 2.45) is 5.41 Å². The summed E-state index contributed by atoms with van der Waals surface area (Å²) in [7, 11) is 1.72. The topological polar surface area (TPSA) is 21.3 Å². The second kappa shape index (κ2) is 3.86. The van der Waals surface area contributed by atoms with Crippen LogP contribution in [0, 0.1) is 5.41 Å². The Hall–Kier alpha value is -1.02. The van der Waals surface area contributed by atoms with Crippen molar-refractivity contribution in [1.82, 2.24) is 5.32 Å². The first-order valence-electron chi connectivity index (χ1n) is 5.48. The number of rotatable bonds is 2. The predicted molar refractivity (Wildman–Crippen MR) is 62.4 cm³/mol. The van der Waals surface area contributed by atoms with Crippen LogP contribution in [0.15, 0.2) is 24.3 Å². The fourth-order valence-corrected chi connectivity index (χ4v) is 2.37. The van der Waals surface area contributed by atoms with Crippen LogP contribution >= 0.6 is 0 Å². The number of nitrogens with one attached hydrogen (secondary N) is 1. The van der Waals surface area contributed by atoms with Crippen LogP contribution in [0.2, 0.25) is 0 Å². The molecule has 1 heterocycles. The first-order chi connectivity index (χ1) is 7.13. The molecule has 1 aromatic carbocycles. The van der Waals surface area contributed by atoms with E-state index in [2.05, 4.69) is 37.4 Å². The third kappa shape index (κ3) is 2.00. The molecule has 0 unspecified atom stereocenters. The summed E-state index contributed by atoms with van der Waals surface area (Å²) in [6, 6.07) is 8.42. The lowest BCUT2D eigenvalue weighted by atomic mass is 9.78. The largest absolute Gasteiger partial charge is 0.497 e. The number of ether oxygens (including phenoxy) is 1. The van der Waals surface area contributed by atoms with Crippen LogP contribution in [0.1, 0.15) is 25.3 Å². The third-order valence-corrected chi connectivity index (χ3v) is 3.37. The van der Waals surface area contributed by atoms with Crippen molar-refractivity contribution < 1.29 is 4.74 Å². The Labute approximate surface area is 91.6 Å². The van der Waals surface area contributed by atoms with Crippen LogP contribution in [-0.2, 0) is 0 Å². The van der Waals surface area contributed by atoms with Crippen molar-refractivity contribution in [2.45, 2.75) is 19.8 Å². The molecule has 15 heavy (non-hydrogen) atoms. The van der Waals surface area contributed by atoms with Gasteiger partial charge in [0.25, 0.3) is 0 Å². The van der Waals surface area contributed by atoms with Crippen LogP contribution in [0.3, 0.4) is 0 Å². The van der Waals surface area contributed by atoms with Gasteiger partial charge in [-0.15, -0.1) is 0 Å². The fraction of sp³-hybridized carbons (Fsp3) is 0.538. The van der Waals surface area contributed by atoms with Gasteiger partial charge in [-0.05, 0) is 23.1 Å². The summed E-state index contributed by atoms with van der Waals surface area (Å²) >= 11 is 0. The molecular weight excluding hydrogens is 186 g/mol. The molecule has 2 heteroatoms. The molecule has 0 aliphatic carbocycles.